The smallest absolute Gasteiger partial charge is 0.168 e. The van der Waals surface area contributed by atoms with E-state index in [1.807, 2.05) is 32.6 Å². The molecule has 0 amide bonds. The van der Waals surface area contributed by atoms with Crippen molar-refractivity contribution in [2.24, 2.45) is 7.05 Å². The molecule has 0 aliphatic heterocycles. The Bertz CT molecular complexity index is 453. The molecule has 3 nitrogen and oxygen atoms in total. The zero-order valence-corrected chi connectivity index (χ0v) is 10.9. The van der Waals surface area contributed by atoms with E-state index in [2.05, 4.69) is 39.1 Å². The topological polar surface area (TPSA) is 29.9 Å². The fourth-order valence-electron chi connectivity index (χ4n) is 1.67. The van der Waals surface area contributed by atoms with Crippen LogP contribution in [0.3, 0.4) is 0 Å². The number of likely N-dealkylation sites (N-methyl/N-ethyl adjacent to an activating group) is 1. The van der Waals surface area contributed by atoms with Gasteiger partial charge >= 0.3 is 0 Å². The van der Waals surface area contributed by atoms with Crippen LogP contribution in [0.2, 0.25) is 0 Å². The maximum Gasteiger partial charge on any atom is 0.168 e. The Morgan fingerprint density at radius 3 is 2.71 bits per heavy atom. The summed E-state index contributed by atoms with van der Waals surface area (Å²) in [7, 11) is 4.01. The number of hydrogen-bond acceptors (Lipinski definition) is 3. The maximum atomic E-state index is 4.36. The second kappa shape index (κ2) is 5.89. The van der Waals surface area contributed by atoms with Crippen molar-refractivity contribution in [1.82, 2.24) is 14.9 Å². The van der Waals surface area contributed by atoms with Crippen LogP contribution in [0.4, 0.5) is 0 Å². The molecule has 1 aromatic carbocycles. The minimum atomic E-state index is 0.391. The van der Waals surface area contributed by atoms with E-state index in [1.165, 1.54) is 5.56 Å². The monoisotopic (exact) mass is 247 g/mol. The summed E-state index contributed by atoms with van der Waals surface area (Å²) in [6, 6.07) is 10.5. The normalized spacial score (nSPS) is 12.6. The number of thioether (sulfide) groups is 1. The summed E-state index contributed by atoms with van der Waals surface area (Å²) in [5.74, 6) is 0. The van der Waals surface area contributed by atoms with Crippen molar-refractivity contribution in [3.05, 3.63) is 48.3 Å². The molecule has 1 atom stereocenters. The molecule has 1 aromatic heterocycles. The lowest BCUT2D eigenvalue weighted by Crippen LogP contribution is -2.15. The Morgan fingerprint density at radius 2 is 2.12 bits per heavy atom. The van der Waals surface area contributed by atoms with Crippen molar-refractivity contribution in [2.45, 2.75) is 10.4 Å². The van der Waals surface area contributed by atoms with Gasteiger partial charge in [0.25, 0.3) is 0 Å². The highest BCUT2D eigenvalue weighted by Crippen LogP contribution is 2.33. The third-order valence-electron chi connectivity index (χ3n) is 2.59. The molecule has 0 saturated heterocycles. The van der Waals surface area contributed by atoms with E-state index < -0.39 is 0 Å². The number of nitrogens with zero attached hydrogens (tertiary/aromatic N) is 2. The van der Waals surface area contributed by atoms with E-state index in [0.29, 0.717) is 5.25 Å². The highest BCUT2D eigenvalue weighted by atomic mass is 32.2. The van der Waals surface area contributed by atoms with Crippen LogP contribution in [-0.2, 0) is 7.05 Å². The fourth-order valence-corrected chi connectivity index (χ4v) is 2.82. The third kappa shape index (κ3) is 3.11. The van der Waals surface area contributed by atoms with Crippen molar-refractivity contribution in [3.63, 3.8) is 0 Å². The quantitative estimate of drug-likeness (QED) is 0.823. The highest BCUT2D eigenvalue weighted by molar-refractivity contribution is 7.99. The summed E-state index contributed by atoms with van der Waals surface area (Å²) < 4.78 is 2.05. The molecule has 0 saturated carbocycles. The molecule has 2 aromatic rings. The summed E-state index contributed by atoms with van der Waals surface area (Å²) in [6.45, 7) is 0.932. The van der Waals surface area contributed by atoms with Gasteiger partial charge in [-0.1, -0.05) is 42.1 Å². The van der Waals surface area contributed by atoms with Gasteiger partial charge in [0.2, 0.25) is 0 Å². The Balaban J connectivity index is 2.16. The van der Waals surface area contributed by atoms with Crippen LogP contribution in [0.5, 0.6) is 0 Å². The Hall–Kier alpha value is -1.26. The molecular formula is C13H17N3S. The van der Waals surface area contributed by atoms with Crippen LogP contribution in [-0.4, -0.2) is 23.1 Å². The van der Waals surface area contributed by atoms with Crippen LogP contribution >= 0.6 is 11.8 Å². The second-order valence-electron chi connectivity index (χ2n) is 3.90. The standard InChI is InChI=1S/C13H17N3S/c1-14-10-12(11-6-4-3-5-7-11)17-13-15-8-9-16(13)2/h3-9,12,14H,10H2,1-2H3. The van der Waals surface area contributed by atoms with E-state index in [9.17, 15) is 0 Å². The lowest BCUT2D eigenvalue weighted by Gasteiger charge is -2.16. The van der Waals surface area contributed by atoms with Gasteiger partial charge in [-0.25, -0.2) is 4.98 Å². The molecule has 0 spiro atoms. The first-order chi connectivity index (χ1) is 8.31. The Labute approximate surface area is 106 Å². The number of aromatic nitrogens is 2. The van der Waals surface area contributed by atoms with Crippen molar-refractivity contribution >= 4 is 11.8 Å². The SMILES string of the molecule is CNCC(Sc1nccn1C)c1ccccc1. The third-order valence-corrected chi connectivity index (χ3v) is 3.91. The highest BCUT2D eigenvalue weighted by Gasteiger charge is 2.14. The average Bonchev–Trinajstić information content (AvgIpc) is 2.76. The van der Waals surface area contributed by atoms with Crippen LogP contribution in [0.1, 0.15) is 10.8 Å². The summed E-state index contributed by atoms with van der Waals surface area (Å²) >= 11 is 1.79. The predicted molar refractivity (Wildman–Crippen MR) is 72.2 cm³/mol. The van der Waals surface area contributed by atoms with Gasteiger partial charge in [-0.05, 0) is 12.6 Å². The summed E-state index contributed by atoms with van der Waals surface area (Å²) in [4.78, 5) is 4.36. The molecule has 1 heterocycles. The lowest BCUT2D eigenvalue weighted by molar-refractivity contribution is 0.755. The molecule has 0 fully saturated rings. The second-order valence-corrected chi connectivity index (χ2v) is 5.07. The molecule has 4 heteroatoms. The zero-order valence-electron chi connectivity index (χ0n) is 10.1. The van der Waals surface area contributed by atoms with Crippen molar-refractivity contribution in [1.29, 1.82) is 0 Å². The van der Waals surface area contributed by atoms with Crippen molar-refractivity contribution in [3.8, 4) is 0 Å². The number of aryl methyl sites for hydroxylation is 1. The molecule has 0 bridgehead atoms. The summed E-state index contributed by atoms with van der Waals surface area (Å²) in [5, 5.41) is 4.68. The van der Waals surface area contributed by atoms with E-state index in [1.54, 1.807) is 11.8 Å². The number of nitrogens with one attached hydrogen (secondary N) is 1. The molecule has 2 rings (SSSR count). The maximum absolute atomic E-state index is 4.36. The zero-order chi connectivity index (χ0) is 12.1. The van der Waals surface area contributed by atoms with Crippen molar-refractivity contribution < 1.29 is 0 Å². The van der Waals surface area contributed by atoms with Gasteiger partial charge in [0.15, 0.2) is 5.16 Å². The minimum absolute atomic E-state index is 0.391. The molecule has 1 N–H and O–H groups in total. The van der Waals surface area contributed by atoms with Gasteiger partial charge < -0.3 is 9.88 Å². The molecule has 0 radical (unpaired) electrons. The lowest BCUT2D eigenvalue weighted by atomic mass is 10.1. The number of rotatable bonds is 5. The fraction of sp³-hybridized carbons (Fsp3) is 0.308. The average molecular weight is 247 g/mol. The van der Waals surface area contributed by atoms with E-state index in [-0.39, 0.29) is 0 Å². The number of hydrogen-bond donors (Lipinski definition) is 1. The van der Waals surface area contributed by atoms with Crippen LogP contribution in [0.15, 0.2) is 47.9 Å². The molecule has 0 aliphatic rings. The van der Waals surface area contributed by atoms with Crippen LogP contribution < -0.4 is 5.32 Å². The first-order valence-corrected chi connectivity index (χ1v) is 6.52. The Kier molecular flexibility index (Phi) is 4.23. The number of benzene rings is 1. The minimum Gasteiger partial charge on any atom is -0.329 e. The Morgan fingerprint density at radius 1 is 1.35 bits per heavy atom. The number of imidazole rings is 1. The first-order valence-electron chi connectivity index (χ1n) is 5.65. The summed E-state index contributed by atoms with van der Waals surface area (Å²) in [5.41, 5.74) is 1.33. The van der Waals surface area contributed by atoms with Gasteiger partial charge in [0, 0.05) is 31.2 Å². The molecule has 17 heavy (non-hydrogen) atoms. The largest absolute Gasteiger partial charge is 0.329 e. The van der Waals surface area contributed by atoms with Gasteiger partial charge in [-0.15, -0.1) is 0 Å². The van der Waals surface area contributed by atoms with Gasteiger partial charge in [-0.3, -0.25) is 0 Å². The molecular weight excluding hydrogens is 230 g/mol. The van der Waals surface area contributed by atoms with Gasteiger partial charge in [-0.2, -0.15) is 0 Å². The van der Waals surface area contributed by atoms with E-state index in [4.69, 9.17) is 0 Å². The van der Waals surface area contributed by atoms with Crippen LogP contribution in [0, 0.1) is 0 Å². The van der Waals surface area contributed by atoms with Gasteiger partial charge in [0.05, 0.1) is 0 Å². The molecule has 90 valence electrons. The first kappa shape index (κ1) is 12.2. The van der Waals surface area contributed by atoms with Crippen molar-refractivity contribution in [2.75, 3.05) is 13.6 Å². The summed E-state index contributed by atoms with van der Waals surface area (Å²) in [6.07, 6.45) is 3.81. The predicted octanol–water partition coefficient (Wildman–Crippen LogP) is 2.47. The van der Waals surface area contributed by atoms with Crippen LogP contribution in [0.25, 0.3) is 0 Å². The van der Waals surface area contributed by atoms with E-state index in [0.717, 1.165) is 11.7 Å². The van der Waals surface area contributed by atoms with E-state index >= 15 is 0 Å². The van der Waals surface area contributed by atoms with Gasteiger partial charge in [0.1, 0.15) is 0 Å². The molecule has 0 aliphatic carbocycles. The molecule has 1 unspecified atom stereocenters.